The quantitative estimate of drug-likeness (QED) is 0.346. The number of benzene rings is 3. The second-order valence-electron chi connectivity index (χ2n) is 7.30. The number of aryl methyl sites for hydroxylation is 1. The number of anilines is 2. The second-order valence-corrected chi connectivity index (χ2v) is 7.30. The van der Waals surface area contributed by atoms with E-state index in [0.717, 1.165) is 11.1 Å². The molecule has 0 aromatic heterocycles. The van der Waals surface area contributed by atoms with Gasteiger partial charge < -0.3 is 10.6 Å². The zero-order valence-electron chi connectivity index (χ0n) is 16.9. The summed E-state index contributed by atoms with van der Waals surface area (Å²) >= 11 is 0. The van der Waals surface area contributed by atoms with E-state index < -0.39 is 0 Å². The molecular formula is C25H25FN2O. The van der Waals surface area contributed by atoms with Gasteiger partial charge in [-0.2, -0.15) is 0 Å². The lowest BCUT2D eigenvalue weighted by atomic mass is 9.99. The van der Waals surface area contributed by atoms with Crippen LogP contribution in [-0.4, -0.2) is 11.9 Å². The Morgan fingerprint density at radius 3 is 2.17 bits per heavy atom. The summed E-state index contributed by atoms with van der Waals surface area (Å²) in [5, 5.41) is 0. The average Bonchev–Trinajstić information content (AvgIpc) is 2.70. The summed E-state index contributed by atoms with van der Waals surface area (Å²) in [5.41, 5.74) is 10.5. The maximum absolute atomic E-state index is 13.7. The Balaban J connectivity index is 2.13. The summed E-state index contributed by atoms with van der Waals surface area (Å²) in [4.78, 5) is 15.4. The number of nitrogen functional groups attached to an aromatic ring is 1. The van der Waals surface area contributed by atoms with Gasteiger partial charge in [-0.15, -0.1) is 0 Å². The van der Waals surface area contributed by atoms with E-state index in [1.165, 1.54) is 12.1 Å². The molecule has 0 aliphatic rings. The van der Waals surface area contributed by atoms with Gasteiger partial charge in [-0.3, -0.25) is 4.79 Å². The lowest BCUT2D eigenvalue weighted by Gasteiger charge is -2.29. The lowest BCUT2D eigenvalue weighted by molar-refractivity contribution is -0.113. The lowest BCUT2D eigenvalue weighted by Crippen LogP contribution is -2.38. The van der Waals surface area contributed by atoms with Crippen molar-refractivity contribution in [2.45, 2.75) is 26.8 Å². The maximum Gasteiger partial charge on any atom is 0.259 e. The maximum atomic E-state index is 13.7. The molecule has 0 aliphatic carbocycles. The SMILES string of the molecule is Cc1ccc(C=C(C(=O)N(c2ccccc2N)C(C)C)c2ccc(F)cc2)cc1. The predicted molar refractivity (Wildman–Crippen MR) is 119 cm³/mol. The van der Waals surface area contributed by atoms with Gasteiger partial charge in [-0.25, -0.2) is 4.39 Å². The molecule has 0 heterocycles. The van der Waals surface area contributed by atoms with Crippen LogP contribution in [0.15, 0.2) is 72.8 Å². The molecule has 3 aromatic rings. The molecule has 0 saturated heterocycles. The molecule has 4 heteroatoms. The molecule has 0 atom stereocenters. The summed E-state index contributed by atoms with van der Waals surface area (Å²) in [5.74, 6) is -0.533. The van der Waals surface area contributed by atoms with Crippen LogP contribution in [0.1, 0.15) is 30.5 Å². The molecule has 0 radical (unpaired) electrons. The van der Waals surface area contributed by atoms with Gasteiger partial charge in [0.1, 0.15) is 5.82 Å². The van der Waals surface area contributed by atoms with Crippen LogP contribution in [0.2, 0.25) is 0 Å². The van der Waals surface area contributed by atoms with Crippen molar-refractivity contribution in [2.24, 2.45) is 0 Å². The predicted octanol–water partition coefficient (Wildman–Crippen LogP) is 5.70. The fourth-order valence-electron chi connectivity index (χ4n) is 3.19. The van der Waals surface area contributed by atoms with Crippen LogP contribution in [0, 0.1) is 12.7 Å². The molecule has 3 rings (SSSR count). The summed E-state index contributed by atoms with van der Waals surface area (Å²) in [6.45, 7) is 5.90. The van der Waals surface area contributed by atoms with Crippen molar-refractivity contribution in [3.63, 3.8) is 0 Å². The molecule has 0 aliphatic heterocycles. The van der Waals surface area contributed by atoms with E-state index in [4.69, 9.17) is 5.73 Å². The van der Waals surface area contributed by atoms with Gasteiger partial charge in [0.2, 0.25) is 0 Å². The Morgan fingerprint density at radius 1 is 0.966 bits per heavy atom. The van der Waals surface area contributed by atoms with E-state index in [0.29, 0.717) is 22.5 Å². The molecule has 29 heavy (non-hydrogen) atoms. The molecule has 2 N–H and O–H groups in total. The van der Waals surface area contributed by atoms with Crippen molar-refractivity contribution < 1.29 is 9.18 Å². The van der Waals surface area contributed by atoms with Gasteiger partial charge in [0.05, 0.1) is 11.4 Å². The summed E-state index contributed by atoms with van der Waals surface area (Å²) in [6, 6.07) is 21.1. The van der Waals surface area contributed by atoms with Crippen LogP contribution in [0.25, 0.3) is 11.6 Å². The molecule has 1 amide bonds. The van der Waals surface area contributed by atoms with Gasteiger partial charge in [0, 0.05) is 11.6 Å². The summed E-state index contributed by atoms with van der Waals surface area (Å²) in [7, 11) is 0. The zero-order valence-corrected chi connectivity index (χ0v) is 16.9. The number of rotatable bonds is 5. The van der Waals surface area contributed by atoms with Crippen molar-refractivity contribution >= 4 is 28.9 Å². The number of nitrogens with zero attached hydrogens (tertiary/aromatic N) is 1. The molecule has 148 valence electrons. The third-order valence-electron chi connectivity index (χ3n) is 4.71. The first-order valence-electron chi connectivity index (χ1n) is 9.59. The van der Waals surface area contributed by atoms with Crippen LogP contribution in [0.4, 0.5) is 15.8 Å². The largest absolute Gasteiger partial charge is 0.397 e. The van der Waals surface area contributed by atoms with E-state index in [1.54, 1.807) is 23.1 Å². The number of para-hydroxylation sites is 2. The van der Waals surface area contributed by atoms with E-state index >= 15 is 0 Å². The highest BCUT2D eigenvalue weighted by atomic mass is 19.1. The van der Waals surface area contributed by atoms with Crippen LogP contribution in [-0.2, 0) is 4.79 Å². The molecule has 0 unspecified atom stereocenters. The van der Waals surface area contributed by atoms with Gasteiger partial charge in [-0.1, -0.05) is 54.1 Å². The fourth-order valence-corrected chi connectivity index (χ4v) is 3.19. The Morgan fingerprint density at radius 2 is 1.59 bits per heavy atom. The highest BCUT2D eigenvalue weighted by Crippen LogP contribution is 2.30. The number of carbonyl (C=O) groups is 1. The number of hydrogen-bond donors (Lipinski definition) is 1. The summed E-state index contributed by atoms with van der Waals surface area (Å²) in [6.07, 6.45) is 1.84. The summed E-state index contributed by atoms with van der Waals surface area (Å²) < 4.78 is 13.5. The number of carbonyl (C=O) groups excluding carboxylic acids is 1. The van der Waals surface area contributed by atoms with Gasteiger partial charge in [0.25, 0.3) is 5.91 Å². The highest BCUT2D eigenvalue weighted by molar-refractivity contribution is 6.30. The number of hydrogen-bond acceptors (Lipinski definition) is 2. The second kappa shape index (κ2) is 8.74. The fraction of sp³-hybridized carbons (Fsp3) is 0.160. The smallest absolute Gasteiger partial charge is 0.259 e. The molecule has 0 fully saturated rings. The monoisotopic (exact) mass is 388 g/mol. The average molecular weight is 388 g/mol. The Labute approximate surface area is 171 Å². The van der Waals surface area contributed by atoms with Crippen LogP contribution >= 0.6 is 0 Å². The first-order chi connectivity index (χ1) is 13.9. The minimum absolute atomic E-state index is 0.117. The van der Waals surface area contributed by atoms with Gasteiger partial charge in [0.15, 0.2) is 0 Å². The Bertz CT molecular complexity index is 1020. The van der Waals surface area contributed by atoms with E-state index in [9.17, 15) is 9.18 Å². The third-order valence-corrected chi connectivity index (χ3v) is 4.71. The van der Waals surface area contributed by atoms with E-state index in [1.807, 2.05) is 69.3 Å². The van der Waals surface area contributed by atoms with Gasteiger partial charge in [-0.05, 0) is 62.2 Å². The number of nitrogens with two attached hydrogens (primary N) is 1. The van der Waals surface area contributed by atoms with Crippen molar-refractivity contribution in [1.29, 1.82) is 0 Å². The van der Waals surface area contributed by atoms with Gasteiger partial charge >= 0.3 is 0 Å². The standard InChI is InChI=1S/C25H25FN2O/c1-17(2)28(24-7-5-4-6-23(24)27)25(29)22(20-12-14-21(26)15-13-20)16-19-10-8-18(3)9-11-19/h4-17H,27H2,1-3H3. The molecule has 0 bridgehead atoms. The molecule has 0 spiro atoms. The highest BCUT2D eigenvalue weighted by Gasteiger charge is 2.25. The van der Waals surface area contributed by atoms with Crippen molar-refractivity contribution in [3.8, 4) is 0 Å². The van der Waals surface area contributed by atoms with Crippen molar-refractivity contribution in [1.82, 2.24) is 0 Å². The minimum atomic E-state index is -0.344. The van der Waals surface area contributed by atoms with Crippen LogP contribution in [0.5, 0.6) is 0 Å². The van der Waals surface area contributed by atoms with Crippen molar-refractivity contribution in [2.75, 3.05) is 10.6 Å². The zero-order chi connectivity index (χ0) is 21.0. The molecule has 3 nitrogen and oxygen atoms in total. The molecule has 3 aromatic carbocycles. The van der Waals surface area contributed by atoms with Crippen LogP contribution in [0.3, 0.4) is 0 Å². The molecular weight excluding hydrogens is 363 g/mol. The first-order valence-corrected chi connectivity index (χ1v) is 9.59. The van der Waals surface area contributed by atoms with E-state index in [-0.39, 0.29) is 17.8 Å². The van der Waals surface area contributed by atoms with E-state index in [2.05, 4.69) is 0 Å². The third kappa shape index (κ3) is 4.72. The van der Waals surface area contributed by atoms with Crippen LogP contribution < -0.4 is 10.6 Å². The Kier molecular flexibility index (Phi) is 6.13. The normalized spacial score (nSPS) is 11.6. The van der Waals surface area contributed by atoms with Crippen molar-refractivity contribution in [3.05, 3.63) is 95.3 Å². The topological polar surface area (TPSA) is 46.3 Å². The minimum Gasteiger partial charge on any atom is -0.397 e. The molecule has 0 saturated carbocycles. The Hall–Kier alpha value is -3.40. The number of halogens is 1. The number of amides is 1. The first kappa shape index (κ1) is 20.3.